The van der Waals surface area contributed by atoms with Gasteiger partial charge in [0, 0.05) is 36.8 Å². The summed E-state index contributed by atoms with van der Waals surface area (Å²) in [6.07, 6.45) is 6.11. The van der Waals surface area contributed by atoms with E-state index in [-0.39, 0.29) is 11.8 Å². The first-order valence-corrected chi connectivity index (χ1v) is 8.90. The summed E-state index contributed by atoms with van der Waals surface area (Å²) < 4.78 is 5.76. The molecule has 1 aliphatic heterocycles. The number of hydrogen-bond donors (Lipinski definition) is 1. The van der Waals surface area contributed by atoms with Crippen molar-refractivity contribution in [3.05, 3.63) is 59.5 Å². The van der Waals surface area contributed by atoms with Gasteiger partial charge in [0.2, 0.25) is 0 Å². The van der Waals surface area contributed by atoms with Gasteiger partial charge in [0.05, 0.1) is 30.5 Å². The molecule has 1 amide bonds. The van der Waals surface area contributed by atoms with Gasteiger partial charge in [-0.15, -0.1) is 0 Å². The zero-order valence-corrected chi connectivity index (χ0v) is 14.8. The van der Waals surface area contributed by atoms with Crippen LogP contribution in [0.4, 0.5) is 0 Å². The SMILES string of the molecule is Cc1cncc(C(=O)N2CCOC[C@H](Cc3ccc4[nH]ncc4c3)C2)c1. The highest BCUT2D eigenvalue weighted by atomic mass is 16.5. The van der Waals surface area contributed by atoms with E-state index >= 15 is 0 Å². The van der Waals surface area contributed by atoms with E-state index in [1.54, 1.807) is 12.4 Å². The van der Waals surface area contributed by atoms with E-state index in [1.165, 1.54) is 5.56 Å². The molecule has 6 nitrogen and oxygen atoms in total. The summed E-state index contributed by atoms with van der Waals surface area (Å²) in [4.78, 5) is 18.9. The summed E-state index contributed by atoms with van der Waals surface area (Å²) in [5, 5.41) is 8.15. The molecule has 1 atom stereocenters. The number of benzene rings is 1. The van der Waals surface area contributed by atoms with Gasteiger partial charge in [-0.2, -0.15) is 5.10 Å². The van der Waals surface area contributed by atoms with Crippen molar-refractivity contribution < 1.29 is 9.53 Å². The molecule has 1 saturated heterocycles. The molecule has 1 aromatic carbocycles. The number of nitrogens with one attached hydrogen (secondary N) is 1. The summed E-state index contributed by atoms with van der Waals surface area (Å²) in [5.41, 5.74) is 3.91. The van der Waals surface area contributed by atoms with Crippen LogP contribution in [0.25, 0.3) is 10.9 Å². The Morgan fingerprint density at radius 1 is 1.31 bits per heavy atom. The van der Waals surface area contributed by atoms with Gasteiger partial charge in [0.15, 0.2) is 0 Å². The highest BCUT2D eigenvalue weighted by molar-refractivity contribution is 5.94. The number of hydrogen-bond acceptors (Lipinski definition) is 4. The molecular formula is C20H22N4O2. The van der Waals surface area contributed by atoms with Crippen LogP contribution in [-0.2, 0) is 11.2 Å². The minimum Gasteiger partial charge on any atom is -0.379 e. The van der Waals surface area contributed by atoms with Gasteiger partial charge in [0.1, 0.15) is 0 Å². The average molecular weight is 350 g/mol. The lowest BCUT2D eigenvalue weighted by Gasteiger charge is -2.24. The lowest BCUT2D eigenvalue weighted by molar-refractivity contribution is 0.0737. The van der Waals surface area contributed by atoms with Crippen molar-refractivity contribution in [2.75, 3.05) is 26.3 Å². The fourth-order valence-electron chi connectivity index (χ4n) is 3.50. The van der Waals surface area contributed by atoms with Crippen LogP contribution in [0.15, 0.2) is 42.9 Å². The topological polar surface area (TPSA) is 71.1 Å². The number of fused-ring (bicyclic) bond motifs is 1. The maximum Gasteiger partial charge on any atom is 0.255 e. The first-order chi connectivity index (χ1) is 12.7. The molecule has 0 spiro atoms. The molecule has 4 rings (SSSR count). The first kappa shape index (κ1) is 16.7. The van der Waals surface area contributed by atoms with Crippen molar-refractivity contribution in [1.29, 1.82) is 0 Å². The molecule has 0 unspecified atom stereocenters. The number of aromatic amines is 1. The van der Waals surface area contributed by atoms with Gasteiger partial charge in [-0.3, -0.25) is 14.9 Å². The van der Waals surface area contributed by atoms with Gasteiger partial charge in [0.25, 0.3) is 5.91 Å². The van der Waals surface area contributed by atoms with Crippen molar-refractivity contribution in [3.8, 4) is 0 Å². The summed E-state index contributed by atoms with van der Waals surface area (Å²) in [5.74, 6) is 0.297. The number of ether oxygens (including phenoxy) is 1. The highest BCUT2D eigenvalue weighted by Gasteiger charge is 2.24. The van der Waals surface area contributed by atoms with Crippen LogP contribution >= 0.6 is 0 Å². The molecule has 1 fully saturated rings. The Hall–Kier alpha value is -2.73. The first-order valence-electron chi connectivity index (χ1n) is 8.90. The average Bonchev–Trinajstić information content (AvgIpc) is 2.99. The van der Waals surface area contributed by atoms with Crippen LogP contribution in [0.2, 0.25) is 0 Å². The molecule has 1 N–H and O–H groups in total. The molecule has 6 heteroatoms. The van der Waals surface area contributed by atoms with E-state index in [2.05, 4.69) is 33.4 Å². The maximum atomic E-state index is 12.9. The predicted octanol–water partition coefficient (Wildman–Crippen LogP) is 2.60. The molecule has 0 saturated carbocycles. The number of rotatable bonds is 3. The fraction of sp³-hybridized carbons (Fsp3) is 0.350. The van der Waals surface area contributed by atoms with Gasteiger partial charge < -0.3 is 9.64 Å². The second kappa shape index (κ2) is 7.25. The number of carbonyl (C=O) groups excluding carboxylic acids is 1. The molecule has 0 aliphatic carbocycles. The maximum absolute atomic E-state index is 12.9. The van der Waals surface area contributed by atoms with Gasteiger partial charge >= 0.3 is 0 Å². The number of aromatic nitrogens is 3. The molecular weight excluding hydrogens is 328 g/mol. The summed E-state index contributed by atoms with van der Waals surface area (Å²) in [6, 6.07) is 8.21. The van der Waals surface area contributed by atoms with Crippen molar-refractivity contribution in [2.45, 2.75) is 13.3 Å². The molecule has 26 heavy (non-hydrogen) atoms. The highest BCUT2D eigenvalue weighted by Crippen LogP contribution is 2.19. The Morgan fingerprint density at radius 2 is 2.23 bits per heavy atom. The Bertz CT molecular complexity index is 921. The van der Waals surface area contributed by atoms with Crippen LogP contribution in [0.5, 0.6) is 0 Å². The van der Waals surface area contributed by atoms with Gasteiger partial charge in [-0.25, -0.2) is 0 Å². The number of carbonyl (C=O) groups is 1. The Morgan fingerprint density at radius 3 is 3.12 bits per heavy atom. The third-order valence-electron chi connectivity index (χ3n) is 4.78. The lowest BCUT2D eigenvalue weighted by Crippen LogP contribution is -2.36. The molecule has 0 bridgehead atoms. The van der Waals surface area contributed by atoms with Gasteiger partial charge in [-0.05, 0) is 42.7 Å². The second-order valence-electron chi connectivity index (χ2n) is 6.94. The minimum absolute atomic E-state index is 0.0296. The second-order valence-corrected chi connectivity index (χ2v) is 6.94. The third kappa shape index (κ3) is 3.60. The summed E-state index contributed by atoms with van der Waals surface area (Å²) >= 11 is 0. The van der Waals surface area contributed by atoms with Crippen molar-refractivity contribution in [1.82, 2.24) is 20.1 Å². The molecule has 1 aliphatic rings. The largest absolute Gasteiger partial charge is 0.379 e. The minimum atomic E-state index is 0.0296. The Kier molecular flexibility index (Phi) is 4.67. The number of nitrogens with zero attached hydrogens (tertiary/aromatic N) is 3. The van der Waals surface area contributed by atoms with Gasteiger partial charge in [-0.1, -0.05) is 6.07 Å². The number of aryl methyl sites for hydroxylation is 1. The van der Waals surface area contributed by atoms with E-state index in [9.17, 15) is 4.79 Å². The fourth-order valence-corrected chi connectivity index (χ4v) is 3.50. The molecule has 0 radical (unpaired) electrons. The normalized spacial score (nSPS) is 18.0. The van der Waals surface area contributed by atoms with Crippen LogP contribution in [0.3, 0.4) is 0 Å². The number of amides is 1. The smallest absolute Gasteiger partial charge is 0.255 e. The number of pyridine rings is 1. The van der Waals surface area contributed by atoms with Crippen molar-refractivity contribution >= 4 is 16.8 Å². The van der Waals surface area contributed by atoms with Crippen LogP contribution in [-0.4, -0.2) is 52.3 Å². The predicted molar refractivity (Wildman–Crippen MR) is 99.0 cm³/mol. The van der Waals surface area contributed by atoms with E-state index in [0.717, 1.165) is 22.9 Å². The summed E-state index contributed by atoms with van der Waals surface area (Å²) in [6.45, 7) is 4.49. The third-order valence-corrected chi connectivity index (χ3v) is 4.78. The molecule has 134 valence electrons. The van der Waals surface area contributed by atoms with Crippen LogP contribution in [0, 0.1) is 12.8 Å². The zero-order valence-electron chi connectivity index (χ0n) is 14.8. The van der Waals surface area contributed by atoms with E-state index in [0.29, 0.717) is 31.9 Å². The van der Waals surface area contributed by atoms with E-state index in [4.69, 9.17) is 4.74 Å². The van der Waals surface area contributed by atoms with E-state index in [1.807, 2.05) is 24.1 Å². The Labute approximate surface area is 152 Å². The van der Waals surface area contributed by atoms with E-state index < -0.39 is 0 Å². The number of H-pyrrole nitrogens is 1. The lowest BCUT2D eigenvalue weighted by atomic mass is 9.98. The molecule has 3 heterocycles. The molecule has 3 aromatic rings. The van der Waals surface area contributed by atoms with Crippen LogP contribution in [0.1, 0.15) is 21.5 Å². The summed E-state index contributed by atoms with van der Waals surface area (Å²) in [7, 11) is 0. The monoisotopic (exact) mass is 350 g/mol. The Balaban J connectivity index is 1.49. The zero-order chi connectivity index (χ0) is 17.9. The van der Waals surface area contributed by atoms with Crippen LogP contribution < -0.4 is 0 Å². The standard InChI is InChI=1S/C20H22N4O2/c1-14-6-18(10-21-9-14)20(25)24-4-5-26-13-16(12-24)7-15-2-3-19-17(8-15)11-22-23-19/h2-3,6,8-11,16H,4-5,7,12-13H2,1H3,(H,22,23)/t16-/m1/s1. The van der Waals surface area contributed by atoms with Crippen molar-refractivity contribution in [2.24, 2.45) is 5.92 Å². The van der Waals surface area contributed by atoms with Crippen molar-refractivity contribution in [3.63, 3.8) is 0 Å². The quantitative estimate of drug-likeness (QED) is 0.788. The molecule has 2 aromatic heterocycles.